The van der Waals surface area contributed by atoms with Crippen molar-refractivity contribution in [2.75, 3.05) is 5.43 Å². The van der Waals surface area contributed by atoms with Gasteiger partial charge in [-0.05, 0) is 42.3 Å². The van der Waals surface area contributed by atoms with Gasteiger partial charge in [0.25, 0.3) is 0 Å². The van der Waals surface area contributed by atoms with Crippen molar-refractivity contribution >= 4 is 23.0 Å². The summed E-state index contributed by atoms with van der Waals surface area (Å²) in [7, 11) is 0. The van der Waals surface area contributed by atoms with Crippen LogP contribution in [0.2, 0.25) is 5.02 Å². The summed E-state index contributed by atoms with van der Waals surface area (Å²) in [6, 6.07) is 9.76. The highest BCUT2D eigenvalue weighted by molar-refractivity contribution is 6.31. The van der Waals surface area contributed by atoms with Gasteiger partial charge >= 0.3 is 5.69 Å². The number of rotatable bonds is 5. The van der Waals surface area contributed by atoms with Crippen LogP contribution >= 0.6 is 11.6 Å². The molecule has 21 heavy (non-hydrogen) atoms. The van der Waals surface area contributed by atoms with Crippen LogP contribution in [0, 0.1) is 10.1 Å². The summed E-state index contributed by atoms with van der Waals surface area (Å²) in [5.74, 6) is 5.88. The Morgan fingerprint density at radius 3 is 2.76 bits per heavy atom. The second-order valence-corrected chi connectivity index (χ2v) is 4.67. The monoisotopic (exact) mass is 307 g/mol. The summed E-state index contributed by atoms with van der Waals surface area (Å²) in [4.78, 5) is 10.6. The lowest BCUT2D eigenvalue weighted by atomic mass is 10.1. The minimum Gasteiger partial charge on any atom is -0.450 e. The number of nitrogens with two attached hydrogens (primary N) is 1. The van der Waals surface area contributed by atoms with Gasteiger partial charge in [0.1, 0.15) is 11.4 Å². The van der Waals surface area contributed by atoms with Crippen LogP contribution in [0.15, 0.2) is 36.4 Å². The van der Waals surface area contributed by atoms with Crippen molar-refractivity contribution in [1.82, 2.24) is 0 Å². The highest BCUT2D eigenvalue weighted by atomic mass is 35.5. The lowest BCUT2D eigenvalue weighted by Crippen LogP contribution is -2.09. The second-order valence-electron chi connectivity index (χ2n) is 4.26. The van der Waals surface area contributed by atoms with Gasteiger partial charge in [-0.15, -0.1) is 0 Å². The number of hydrogen-bond donors (Lipinski definition) is 2. The molecule has 0 unspecified atom stereocenters. The van der Waals surface area contributed by atoms with E-state index in [1.54, 1.807) is 24.3 Å². The van der Waals surface area contributed by atoms with E-state index in [4.69, 9.17) is 22.2 Å². The molecule has 0 aromatic heterocycles. The van der Waals surface area contributed by atoms with E-state index >= 15 is 0 Å². The number of nitrogens with zero attached hydrogens (tertiary/aromatic N) is 1. The van der Waals surface area contributed by atoms with Gasteiger partial charge in [0, 0.05) is 5.02 Å². The van der Waals surface area contributed by atoms with E-state index in [0.29, 0.717) is 10.8 Å². The van der Waals surface area contributed by atoms with Crippen LogP contribution in [-0.4, -0.2) is 4.92 Å². The molecular formula is C14H14ClN3O3. The third-order valence-electron chi connectivity index (χ3n) is 2.96. The molecule has 0 bridgehead atoms. The number of hydrazine groups is 1. The number of hydrogen-bond acceptors (Lipinski definition) is 5. The summed E-state index contributed by atoms with van der Waals surface area (Å²) in [5.41, 5.74) is 3.17. The number of nitro groups is 1. The van der Waals surface area contributed by atoms with Gasteiger partial charge in [-0.1, -0.05) is 24.6 Å². The zero-order valence-corrected chi connectivity index (χ0v) is 12.1. The number of nitro benzene ring substituents is 1. The van der Waals surface area contributed by atoms with Crippen molar-refractivity contribution in [1.29, 1.82) is 0 Å². The quantitative estimate of drug-likeness (QED) is 0.497. The van der Waals surface area contributed by atoms with E-state index in [1.807, 2.05) is 6.92 Å². The Morgan fingerprint density at radius 1 is 1.38 bits per heavy atom. The fourth-order valence-electron chi connectivity index (χ4n) is 1.92. The maximum absolute atomic E-state index is 11.2. The number of anilines is 1. The van der Waals surface area contributed by atoms with Gasteiger partial charge < -0.3 is 10.2 Å². The number of halogens is 1. The summed E-state index contributed by atoms with van der Waals surface area (Å²) in [5, 5.41) is 11.8. The lowest BCUT2D eigenvalue weighted by Gasteiger charge is -2.10. The minimum absolute atomic E-state index is 0.111. The molecule has 3 N–H and O–H groups in total. The first-order chi connectivity index (χ1) is 10.1. The molecule has 0 saturated carbocycles. The van der Waals surface area contributed by atoms with Crippen molar-refractivity contribution in [2.24, 2.45) is 5.84 Å². The summed E-state index contributed by atoms with van der Waals surface area (Å²) in [6.45, 7) is 1.96. The third kappa shape index (κ3) is 3.24. The van der Waals surface area contributed by atoms with Gasteiger partial charge in [0.15, 0.2) is 0 Å². The smallest absolute Gasteiger partial charge is 0.335 e. The standard InChI is InChI=1S/C14H14ClN3O3/c1-2-9-8-10(6-7-11(9)15)21-13-5-3-4-12(17-16)14(13)18(19)20/h3-8,17H,2,16H2,1H3. The topological polar surface area (TPSA) is 90.4 Å². The molecular weight excluding hydrogens is 294 g/mol. The Hall–Kier alpha value is -2.31. The van der Waals surface area contributed by atoms with E-state index in [-0.39, 0.29) is 17.1 Å². The highest BCUT2D eigenvalue weighted by Crippen LogP contribution is 2.37. The van der Waals surface area contributed by atoms with Crippen molar-refractivity contribution in [3.05, 3.63) is 57.1 Å². The molecule has 0 aliphatic rings. The second kappa shape index (κ2) is 6.43. The van der Waals surface area contributed by atoms with Gasteiger partial charge in [-0.3, -0.25) is 16.0 Å². The van der Waals surface area contributed by atoms with Crippen LogP contribution < -0.4 is 16.0 Å². The summed E-state index contributed by atoms with van der Waals surface area (Å²) in [6.07, 6.45) is 0.739. The van der Waals surface area contributed by atoms with E-state index in [0.717, 1.165) is 12.0 Å². The number of ether oxygens (including phenoxy) is 1. The number of nitrogens with one attached hydrogen (secondary N) is 1. The van der Waals surface area contributed by atoms with Crippen molar-refractivity contribution < 1.29 is 9.66 Å². The predicted molar refractivity (Wildman–Crippen MR) is 81.8 cm³/mol. The van der Waals surface area contributed by atoms with Gasteiger partial charge in [0.05, 0.1) is 4.92 Å². The Morgan fingerprint density at radius 2 is 2.14 bits per heavy atom. The first-order valence-corrected chi connectivity index (χ1v) is 6.65. The molecule has 2 aromatic rings. The molecule has 0 saturated heterocycles. The Bertz CT molecular complexity index is 677. The van der Waals surface area contributed by atoms with Crippen molar-refractivity contribution in [3.8, 4) is 11.5 Å². The zero-order chi connectivity index (χ0) is 15.4. The molecule has 0 spiro atoms. The molecule has 0 heterocycles. The molecule has 2 rings (SSSR count). The number of benzene rings is 2. The van der Waals surface area contributed by atoms with E-state index in [9.17, 15) is 10.1 Å². The Kier molecular flexibility index (Phi) is 4.62. The fraction of sp³-hybridized carbons (Fsp3) is 0.143. The van der Waals surface area contributed by atoms with Crippen molar-refractivity contribution in [2.45, 2.75) is 13.3 Å². The zero-order valence-electron chi connectivity index (χ0n) is 11.3. The number of aryl methyl sites for hydroxylation is 1. The van der Waals surface area contributed by atoms with Gasteiger partial charge in [-0.2, -0.15) is 0 Å². The number of para-hydroxylation sites is 1. The lowest BCUT2D eigenvalue weighted by molar-refractivity contribution is -0.384. The van der Waals surface area contributed by atoms with Crippen LogP contribution in [0.3, 0.4) is 0 Å². The third-order valence-corrected chi connectivity index (χ3v) is 3.33. The molecule has 0 radical (unpaired) electrons. The average Bonchev–Trinajstić information content (AvgIpc) is 2.48. The normalized spacial score (nSPS) is 10.2. The predicted octanol–water partition coefficient (Wildman–Crippen LogP) is 3.89. The van der Waals surface area contributed by atoms with Crippen LogP contribution in [0.4, 0.5) is 11.4 Å². The molecule has 110 valence electrons. The van der Waals surface area contributed by atoms with Gasteiger partial charge in [0.2, 0.25) is 5.75 Å². The average molecular weight is 308 g/mol. The van der Waals surface area contributed by atoms with E-state index in [2.05, 4.69) is 5.43 Å². The molecule has 0 aliphatic carbocycles. The first kappa shape index (κ1) is 15.1. The van der Waals surface area contributed by atoms with Crippen LogP contribution in [0.1, 0.15) is 12.5 Å². The summed E-state index contributed by atoms with van der Waals surface area (Å²) >= 11 is 6.04. The highest BCUT2D eigenvalue weighted by Gasteiger charge is 2.21. The van der Waals surface area contributed by atoms with Crippen LogP contribution in [0.25, 0.3) is 0 Å². The maximum atomic E-state index is 11.2. The molecule has 0 aliphatic heterocycles. The van der Waals surface area contributed by atoms with Crippen LogP contribution in [0.5, 0.6) is 11.5 Å². The molecule has 0 amide bonds. The molecule has 0 atom stereocenters. The molecule has 0 fully saturated rings. The fourth-order valence-corrected chi connectivity index (χ4v) is 2.17. The summed E-state index contributed by atoms with van der Waals surface area (Å²) < 4.78 is 5.61. The number of nitrogen functional groups attached to an aromatic ring is 1. The first-order valence-electron chi connectivity index (χ1n) is 6.27. The maximum Gasteiger partial charge on any atom is 0.335 e. The van der Waals surface area contributed by atoms with E-state index in [1.165, 1.54) is 12.1 Å². The molecule has 2 aromatic carbocycles. The molecule has 6 nitrogen and oxygen atoms in total. The minimum atomic E-state index is -0.540. The largest absolute Gasteiger partial charge is 0.450 e. The molecule has 7 heteroatoms. The van der Waals surface area contributed by atoms with E-state index < -0.39 is 4.92 Å². The van der Waals surface area contributed by atoms with Crippen LogP contribution in [-0.2, 0) is 6.42 Å². The SMILES string of the molecule is CCc1cc(Oc2cccc(NN)c2[N+](=O)[O-])ccc1Cl. The van der Waals surface area contributed by atoms with Gasteiger partial charge in [-0.25, -0.2) is 0 Å². The Labute approximate surface area is 126 Å². The Balaban J connectivity index is 2.42. The van der Waals surface area contributed by atoms with Crippen molar-refractivity contribution in [3.63, 3.8) is 0 Å².